The Morgan fingerprint density at radius 2 is 2.00 bits per heavy atom. The predicted molar refractivity (Wildman–Crippen MR) is 63.2 cm³/mol. The van der Waals surface area contributed by atoms with Gasteiger partial charge in [-0.05, 0) is 25.1 Å². The molecule has 0 aliphatic carbocycles. The summed E-state index contributed by atoms with van der Waals surface area (Å²) in [6, 6.07) is 8.09. The Hall–Kier alpha value is -2.16. The average Bonchev–Trinajstić information content (AvgIpc) is 2.72. The molecule has 0 atom stereocenters. The highest BCUT2D eigenvalue weighted by Gasteiger charge is 2.01. The lowest BCUT2D eigenvalue weighted by Gasteiger charge is -2.02. The summed E-state index contributed by atoms with van der Waals surface area (Å²) in [7, 11) is 0. The first kappa shape index (κ1) is 9.09. The standard InChI is InChI=1S/C13H11N3/c1-10-7-15-13-5-4-12(9-16(10)13)11-3-2-6-14-8-11/h2-9H,1H3. The maximum atomic E-state index is 4.30. The molecular formula is C13H11N3. The van der Waals surface area contributed by atoms with E-state index in [0.29, 0.717) is 0 Å². The van der Waals surface area contributed by atoms with Gasteiger partial charge in [0.25, 0.3) is 0 Å². The number of hydrogen-bond acceptors (Lipinski definition) is 2. The number of imidazole rings is 1. The summed E-state index contributed by atoms with van der Waals surface area (Å²) < 4.78 is 2.09. The van der Waals surface area contributed by atoms with Gasteiger partial charge in [-0.3, -0.25) is 4.98 Å². The Kier molecular flexibility index (Phi) is 1.96. The van der Waals surface area contributed by atoms with Crippen molar-refractivity contribution < 1.29 is 0 Å². The summed E-state index contributed by atoms with van der Waals surface area (Å²) >= 11 is 0. The lowest BCUT2D eigenvalue weighted by Crippen LogP contribution is -1.88. The molecule has 3 heteroatoms. The van der Waals surface area contributed by atoms with E-state index in [4.69, 9.17) is 0 Å². The minimum atomic E-state index is 0.977. The molecule has 78 valence electrons. The Morgan fingerprint density at radius 1 is 1.06 bits per heavy atom. The van der Waals surface area contributed by atoms with Crippen LogP contribution in [-0.4, -0.2) is 14.4 Å². The first-order valence-corrected chi connectivity index (χ1v) is 5.19. The Bertz CT molecular complexity index is 626. The molecule has 0 saturated heterocycles. The molecule has 3 aromatic heterocycles. The summed E-state index contributed by atoms with van der Waals surface area (Å²) in [5.74, 6) is 0. The van der Waals surface area contributed by atoms with Gasteiger partial charge in [0.2, 0.25) is 0 Å². The van der Waals surface area contributed by atoms with E-state index in [0.717, 1.165) is 22.5 Å². The van der Waals surface area contributed by atoms with Crippen LogP contribution in [0.4, 0.5) is 0 Å². The predicted octanol–water partition coefficient (Wildman–Crippen LogP) is 2.70. The zero-order valence-corrected chi connectivity index (χ0v) is 8.96. The van der Waals surface area contributed by atoms with Crippen molar-refractivity contribution in [2.75, 3.05) is 0 Å². The van der Waals surface area contributed by atoms with Crippen molar-refractivity contribution in [3.8, 4) is 11.1 Å². The zero-order chi connectivity index (χ0) is 11.0. The molecule has 0 amide bonds. The van der Waals surface area contributed by atoms with Crippen molar-refractivity contribution >= 4 is 5.65 Å². The summed E-state index contributed by atoms with van der Waals surface area (Å²) in [5, 5.41) is 0. The van der Waals surface area contributed by atoms with Crippen molar-refractivity contribution in [2.45, 2.75) is 6.92 Å². The van der Waals surface area contributed by atoms with Crippen LogP contribution in [0.2, 0.25) is 0 Å². The largest absolute Gasteiger partial charge is 0.304 e. The fourth-order valence-corrected chi connectivity index (χ4v) is 1.81. The van der Waals surface area contributed by atoms with Crippen LogP contribution in [0.1, 0.15) is 5.69 Å². The highest BCUT2D eigenvalue weighted by atomic mass is 15.0. The van der Waals surface area contributed by atoms with Crippen molar-refractivity contribution in [1.82, 2.24) is 14.4 Å². The van der Waals surface area contributed by atoms with Gasteiger partial charge >= 0.3 is 0 Å². The molecule has 0 radical (unpaired) electrons. The number of pyridine rings is 2. The fourth-order valence-electron chi connectivity index (χ4n) is 1.81. The SMILES string of the molecule is Cc1cnc2ccc(-c3cccnc3)cn12. The van der Waals surface area contributed by atoms with Crippen molar-refractivity contribution in [2.24, 2.45) is 0 Å². The zero-order valence-electron chi connectivity index (χ0n) is 8.96. The van der Waals surface area contributed by atoms with Gasteiger partial charge in [0.1, 0.15) is 5.65 Å². The van der Waals surface area contributed by atoms with E-state index in [2.05, 4.69) is 32.7 Å². The van der Waals surface area contributed by atoms with Crippen LogP contribution >= 0.6 is 0 Å². The summed E-state index contributed by atoms with van der Waals surface area (Å²) in [6.45, 7) is 2.05. The van der Waals surface area contributed by atoms with Crippen LogP contribution < -0.4 is 0 Å². The van der Waals surface area contributed by atoms with Crippen LogP contribution in [0.25, 0.3) is 16.8 Å². The molecule has 3 aromatic rings. The second-order valence-electron chi connectivity index (χ2n) is 3.79. The van der Waals surface area contributed by atoms with Gasteiger partial charge in [0, 0.05) is 41.6 Å². The molecule has 0 fully saturated rings. The number of hydrogen-bond donors (Lipinski definition) is 0. The second kappa shape index (κ2) is 3.45. The van der Waals surface area contributed by atoms with Crippen molar-refractivity contribution in [1.29, 1.82) is 0 Å². The maximum Gasteiger partial charge on any atom is 0.136 e. The van der Waals surface area contributed by atoms with Crippen molar-refractivity contribution in [3.05, 3.63) is 54.7 Å². The smallest absolute Gasteiger partial charge is 0.136 e. The number of fused-ring (bicyclic) bond motifs is 1. The normalized spacial score (nSPS) is 10.8. The molecule has 16 heavy (non-hydrogen) atoms. The summed E-state index contributed by atoms with van der Waals surface area (Å²) in [4.78, 5) is 8.43. The average molecular weight is 209 g/mol. The molecule has 0 aliphatic rings. The first-order chi connectivity index (χ1) is 7.84. The third-order valence-corrected chi connectivity index (χ3v) is 2.69. The molecule has 3 rings (SSSR count). The van der Waals surface area contributed by atoms with Gasteiger partial charge in [-0.15, -0.1) is 0 Å². The van der Waals surface area contributed by atoms with Crippen LogP contribution in [-0.2, 0) is 0 Å². The molecule has 0 spiro atoms. The second-order valence-corrected chi connectivity index (χ2v) is 3.79. The van der Waals surface area contributed by atoms with E-state index in [1.54, 1.807) is 6.20 Å². The van der Waals surface area contributed by atoms with Crippen LogP contribution in [0.5, 0.6) is 0 Å². The van der Waals surface area contributed by atoms with Crippen LogP contribution in [0, 0.1) is 6.92 Å². The number of aryl methyl sites for hydroxylation is 1. The highest BCUT2D eigenvalue weighted by molar-refractivity contribution is 5.63. The van der Waals surface area contributed by atoms with Gasteiger partial charge in [-0.2, -0.15) is 0 Å². The summed E-state index contributed by atoms with van der Waals surface area (Å²) in [5.41, 5.74) is 4.39. The molecular weight excluding hydrogens is 198 g/mol. The lowest BCUT2D eigenvalue weighted by atomic mass is 10.1. The van der Waals surface area contributed by atoms with E-state index in [1.807, 2.05) is 31.5 Å². The van der Waals surface area contributed by atoms with E-state index in [-0.39, 0.29) is 0 Å². The van der Waals surface area contributed by atoms with Crippen LogP contribution in [0.3, 0.4) is 0 Å². The topological polar surface area (TPSA) is 30.2 Å². The molecule has 0 saturated carbocycles. The minimum Gasteiger partial charge on any atom is -0.304 e. The van der Waals surface area contributed by atoms with Gasteiger partial charge < -0.3 is 4.40 Å². The van der Waals surface area contributed by atoms with Crippen molar-refractivity contribution in [3.63, 3.8) is 0 Å². The lowest BCUT2D eigenvalue weighted by molar-refractivity contribution is 1.11. The minimum absolute atomic E-state index is 0.977. The molecule has 0 unspecified atom stereocenters. The van der Waals surface area contributed by atoms with E-state index in [1.165, 1.54) is 0 Å². The molecule has 3 nitrogen and oxygen atoms in total. The monoisotopic (exact) mass is 209 g/mol. The highest BCUT2D eigenvalue weighted by Crippen LogP contribution is 2.19. The number of aromatic nitrogens is 3. The van der Waals surface area contributed by atoms with E-state index >= 15 is 0 Å². The Morgan fingerprint density at radius 3 is 2.81 bits per heavy atom. The molecule has 0 bridgehead atoms. The molecule has 0 aromatic carbocycles. The third kappa shape index (κ3) is 1.37. The molecule has 0 N–H and O–H groups in total. The molecule has 3 heterocycles. The Labute approximate surface area is 93.4 Å². The number of rotatable bonds is 1. The summed E-state index contributed by atoms with van der Waals surface area (Å²) in [6.07, 6.45) is 7.62. The van der Waals surface area contributed by atoms with Gasteiger partial charge in [-0.1, -0.05) is 6.07 Å². The Balaban J connectivity index is 2.22. The van der Waals surface area contributed by atoms with Crippen LogP contribution in [0.15, 0.2) is 49.1 Å². The van der Waals surface area contributed by atoms with Gasteiger partial charge in [0.05, 0.1) is 0 Å². The quantitative estimate of drug-likeness (QED) is 0.616. The maximum absolute atomic E-state index is 4.30. The molecule has 0 aliphatic heterocycles. The van der Waals surface area contributed by atoms with E-state index < -0.39 is 0 Å². The van der Waals surface area contributed by atoms with Gasteiger partial charge in [0.15, 0.2) is 0 Å². The number of nitrogens with zero attached hydrogens (tertiary/aromatic N) is 3. The third-order valence-electron chi connectivity index (χ3n) is 2.69. The van der Waals surface area contributed by atoms with E-state index in [9.17, 15) is 0 Å². The first-order valence-electron chi connectivity index (χ1n) is 5.19. The fraction of sp³-hybridized carbons (Fsp3) is 0.0769. The van der Waals surface area contributed by atoms with Gasteiger partial charge in [-0.25, -0.2) is 4.98 Å².